The van der Waals surface area contributed by atoms with E-state index in [0.717, 1.165) is 11.1 Å². The third-order valence-corrected chi connectivity index (χ3v) is 1.22. The molecule has 0 aliphatic heterocycles. The zero-order valence-corrected chi connectivity index (χ0v) is 6.90. The van der Waals surface area contributed by atoms with Crippen LogP contribution in [-0.4, -0.2) is 11.6 Å². The van der Waals surface area contributed by atoms with Crippen molar-refractivity contribution in [2.45, 2.75) is 0 Å². The normalized spacial score (nSPS) is 6.92. The van der Waals surface area contributed by atoms with Crippen LogP contribution in [0.5, 0.6) is 0 Å². The monoisotopic (exact) mass is 172 g/mol. The highest BCUT2D eigenvalue weighted by molar-refractivity contribution is 5.39. The SMILES string of the molecule is C#Cc1ccc(C#C)cc1.O=CO. The van der Waals surface area contributed by atoms with Crippen molar-refractivity contribution in [1.82, 2.24) is 0 Å². The molecule has 0 bridgehead atoms. The average molecular weight is 172 g/mol. The minimum atomic E-state index is -0.250. The van der Waals surface area contributed by atoms with E-state index in [1.54, 1.807) is 0 Å². The van der Waals surface area contributed by atoms with Crippen molar-refractivity contribution < 1.29 is 9.90 Å². The van der Waals surface area contributed by atoms with Gasteiger partial charge < -0.3 is 5.11 Å². The first kappa shape index (κ1) is 10.8. The molecule has 0 unspecified atom stereocenters. The van der Waals surface area contributed by atoms with Crippen LogP contribution >= 0.6 is 0 Å². The number of rotatable bonds is 0. The van der Waals surface area contributed by atoms with E-state index in [1.807, 2.05) is 24.3 Å². The minimum Gasteiger partial charge on any atom is -0.483 e. The molecule has 13 heavy (non-hydrogen) atoms. The van der Waals surface area contributed by atoms with Crippen molar-refractivity contribution in [1.29, 1.82) is 0 Å². The Morgan fingerprint density at radius 3 is 1.46 bits per heavy atom. The van der Waals surface area contributed by atoms with E-state index >= 15 is 0 Å². The van der Waals surface area contributed by atoms with Gasteiger partial charge in [-0.1, -0.05) is 11.8 Å². The summed E-state index contributed by atoms with van der Waals surface area (Å²) in [5, 5.41) is 6.89. The minimum absolute atomic E-state index is 0.250. The summed E-state index contributed by atoms with van der Waals surface area (Å²) in [6.07, 6.45) is 10.3. The number of hydrogen-bond donors (Lipinski definition) is 1. The Balaban J connectivity index is 0.000000424. The maximum absolute atomic E-state index is 8.36. The molecule has 2 heteroatoms. The van der Waals surface area contributed by atoms with Crippen LogP contribution in [0, 0.1) is 24.7 Å². The molecule has 1 aromatic carbocycles. The Morgan fingerprint density at radius 1 is 1.08 bits per heavy atom. The van der Waals surface area contributed by atoms with Gasteiger partial charge in [0.1, 0.15) is 0 Å². The molecule has 0 fully saturated rings. The molecule has 64 valence electrons. The summed E-state index contributed by atoms with van der Waals surface area (Å²) in [4.78, 5) is 8.36. The van der Waals surface area contributed by atoms with Crippen molar-refractivity contribution >= 4 is 6.47 Å². The highest BCUT2D eigenvalue weighted by Gasteiger charge is 1.85. The van der Waals surface area contributed by atoms with E-state index in [2.05, 4.69) is 11.8 Å². The summed E-state index contributed by atoms with van der Waals surface area (Å²) in [6, 6.07) is 7.31. The summed E-state index contributed by atoms with van der Waals surface area (Å²) in [7, 11) is 0. The van der Waals surface area contributed by atoms with Crippen LogP contribution in [0.25, 0.3) is 0 Å². The second-order valence-corrected chi connectivity index (χ2v) is 1.97. The molecule has 2 nitrogen and oxygen atoms in total. The second kappa shape index (κ2) is 6.52. The summed E-state index contributed by atoms with van der Waals surface area (Å²) in [5.74, 6) is 5.02. The van der Waals surface area contributed by atoms with Gasteiger partial charge in [0.2, 0.25) is 0 Å². The molecule has 0 saturated heterocycles. The lowest BCUT2D eigenvalue weighted by Crippen LogP contribution is -1.74. The fourth-order valence-electron chi connectivity index (χ4n) is 0.663. The summed E-state index contributed by atoms with van der Waals surface area (Å²) in [5.41, 5.74) is 1.72. The van der Waals surface area contributed by atoms with Gasteiger partial charge in [-0.05, 0) is 24.3 Å². The van der Waals surface area contributed by atoms with Crippen LogP contribution in [0.1, 0.15) is 11.1 Å². The molecular weight excluding hydrogens is 164 g/mol. The Bertz CT molecular complexity index is 303. The van der Waals surface area contributed by atoms with Crippen LogP contribution < -0.4 is 0 Å². The highest BCUT2D eigenvalue weighted by Crippen LogP contribution is 2.00. The van der Waals surface area contributed by atoms with Crippen LogP contribution in [-0.2, 0) is 4.79 Å². The zero-order chi connectivity index (χ0) is 10.1. The van der Waals surface area contributed by atoms with Crippen LogP contribution in [0.3, 0.4) is 0 Å². The molecule has 0 aliphatic rings. The molecule has 0 aromatic heterocycles. The third kappa shape index (κ3) is 4.29. The average Bonchev–Trinajstić information content (AvgIpc) is 2.19. The van der Waals surface area contributed by atoms with Crippen LogP contribution in [0.2, 0.25) is 0 Å². The quantitative estimate of drug-likeness (QED) is 0.473. The lowest BCUT2D eigenvalue weighted by Gasteiger charge is -1.89. The van der Waals surface area contributed by atoms with Crippen molar-refractivity contribution in [3.8, 4) is 24.7 Å². The number of terminal acetylenes is 2. The van der Waals surface area contributed by atoms with Gasteiger partial charge in [-0.25, -0.2) is 0 Å². The number of benzene rings is 1. The van der Waals surface area contributed by atoms with Gasteiger partial charge in [0.15, 0.2) is 0 Å². The first-order valence-corrected chi connectivity index (χ1v) is 3.39. The largest absolute Gasteiger partial charge is 0.483 e. The second-order valence-electron chi connectivity index (χ2n) is 1.97. The topological polar surface area (TPSA) is 37.3 Å². The Kier molecular flexibility index (Phi) is 5.42. The molecule has 0 radical (unpaired) electrons. The first-order chi connectivity index (χ1) is 6.28. The summed E-state index contributed by atoms with van der Waals surface area (Å²) < 4.78 is 0. The maximum atomic E-state index is 8.36. The maximum Gasteiger partial charge on any atom is 0.290 e. The Labute approximate surface area is 77.2 Å². The van der Waals surface area contributed by atoms with Crippen molar-refractivity contribution in [2.24, 2.45) is 0 Å². The van der Waals surface area contributed by atoms with Crippen LogP contribution in [0.4, 0.5) is 0 Å². The van der Waals surface area contributed by atoms with E-state index in [9.17, 15) is 0 Å². The summed E-state index contributed by atoms with van der Waals surface area (Å²) in [6.45, 7) is -0.250. The fraction of sp³-hybridized carbons (Fsp3) is 0. The smallest absolute Gasteiger partial charge is 0.290 e. The Morgan fingerprint density at radius 2 is 1.31 bits per heavy atom. The molecule has 1 rings (SSSR count). The van der Waals surface area contributed by atoms with Crippen molar-refractivity contribution in [3.63, 3.8) is 0 Å². The molecule has 0 spiro atoms. The number of carboxylic acid groups (broad SMARTS) is 1. The molecule has 0 saturated carbocycles. The van der Waals surface area contributed by atoms with E-state index in [1.165, 1.54) is 0 Å². The zero-order valence-electron chi connectivity index (χ0n) is 6.90. The predicted octanol–water partition coefficient (Wildman–Crippen LogP) is 1.35. The van der Waals surface area contributed by atoms with E-state index in [4.69, 9.17) is 22.7 Å². The van der Waals surface area contributed by atoms with Crippen molar-refractivity contribution in [2.75, 3.05) is 0 Å². The van der Waals surface area contributed by atoms with Gasteiger partial charge in [-0.2, -0.15) is 0 Å². The Hall–Kier alpha value is -2.19. The molecular formula is C11H8O2. The molecule has 1 N–H and O–H groups in total. The fourth-order valence-corrected chi connectivity index (χ4v) is 0.663. The van der Waals surface area contributed by atoms with Gasteiger partial charge in [0, 0.05) is 11.1 Å². The molecule has 1 aromatic rings. The predicted molar refractivity (Wildman–Crippen MR) is 51.0 cm³/mol. The lowest BCUT2D eigenvalue weighted by molar-refractivity contribution is -0.122. The van der Waals surface area contributed by atoms with Gasteiger partial charge in [0.25, 0.3) is 6.47 Å². The van der Waals surface area contributed by atoms with Crippen LogP contribution in [0.15, 0.2) is 24.3 Å². The molecule has 0 aliphatic carbocycles. The molecule has 0 atom stereocenters. The number of hydrogen-bond acceptors (Lipinski definition) is 1. The first-order valence-electron chi connectivity index (χ1n) is 3.39. The molecule has 0 amide bonds. The van der Waals surface area contributed by atoms with Crippen molar-refractivity contribution in [3.05, 3.63) is 35.4 Å². The van der Waals surface area contributed by atoms with Gasteiger partial charge in [0.05, 0.1) is 0 Å². The van der Waals surface area contributed by atoms with E-state index in [0.29, 0.717) is 0 Å². The summed E-state index contributed by atoms with van der Waals surface area (Å²) >= 11 is 0. The van der Waals surface area contributed by atoms with E-state index in [-0.39, 0.29) is 6.47 Å². The van der Waals surface area contributed by atoms with E-state index < -0.39 is 0 Å². The van der Waals surface area contributed by atoms with Gasteiger partial charge in [-0.3, -0.25) is 4.79 Å². The highest BCUT2D eigenvalue weighted by atomic mass is 16.3. The standard InChI is InChI=1S/C10H6.CH2O2/c1-3-9-5-7-10(4-2)8-6-9;2-1-3/h1-2,5-8H;1H,(H,2,3). The third-order valence-electron chi connectivity index (χ3n) is 1.22. The number of carbonyl (C=O) groups is 1. The van der Waals surface area contributed by atoms with Gasteiger partial charge >= 0.3 is 0 Å². The van der Waals surface area contributed by atoms with Gasteiger partial charge in [-0.15, -0.1) is 12.8 Å². The molecule has 0 heterocycles. The lowest BCUT2D eigenvalue weighted by atomic mass is 10.1.